The maximum Gasteiger partial charge on any atom is 0.294 e. The van der Waals surface area contributed by atoms with Crippen LogP contribution >= 0.6 is 0 Å². The summed E-state index contributed by atoms with van der Waals surface area (Å²) in [6, 6.07) is 9.14. The minimum Gasteiger partial charge on any atom is -0.496 e. The van der Waals surface area contributed by atoms with E-state index in [0.29, 0.717) is 27.8 Å². The summed E-state index contributed by atoms with van der Waals surface area (Å²) < 4.78 is 36.4. The van der Waals surface area contributed by atoms with E-state index in [9.17, 15) is 18.8 Å². The van der Waals surface area contributed by atoms with Crippen LogP contribution in [-0.2, 0) is 16.1 Å². The van der Waals surface area contributed by atoms with Crippen molar-refractivity contribution < 1.29 is 37.4 Å². The van der Waals surface area contributed by atoms with E-state index in [1.165, 1.54) is 37.3 Å². The second kappa shape index (κ2) is 11.2. The maximum atomic E-state index is 13.8. The molecule has 10 nitrogen and oxygen atoms in total. The SMILES string of the molecule is COCCN1C(=O)c2oc3cc(C(=O)NC4CCC4)ccc3c2OCC1(C)C(=O)NCc1cc(F)ccc1OC. The van der Waals surface area contributed by atoms with Crippen LogP contribution in [0.3, 0.4) is 0 Å². The van der Waals surface area contributed by atoms with Crippen LogP contribution in [0.5, 0.6) is 11.5 Å². The van der Waals surface area contributed by atoms with Gasteiger partial charge in [0.2, 0.25) is 11.7 Å². The first kappa shape index (κ1) is 27.4. The summed E-state index contributed by atoms with van der Waals surface area (Å²) in [4.78, 5) is 41.4. The molecule has 1 aliphatic carbocycles. The smallest absolute Gasteiger partial charge is 0.294 e. The standard InChI is InChI=1S/C29H32FN3O7/c1-29(28(36)31-15-18-13-19(30)8-10-22(18)38-3)16-39-24-21-9-7-17(26(34)32-20-5-4-6-20)14-23(21)40-25(24)27(35)33(29)11-12-37-2/h7-10,13-14,20H,4-6,11-12,15-16H2,1-3H3,(H,31,36)(H,32,34). The molecule has 1 atom stereocenters. The zero-order valence-corrected chi connectivity index (χ0v) is 22.7. The van der Waals surface area contributed by atoms with Crippen LogP contribution in [0.4, 0.5) is 4.39 Å². The van der Waals surface area contributed by atoms with Crippen molar-refractivity contribution in [2.45, 2.75) is 44.3 Å². The molecular formula is C29H32FN3O7. The number of amides is 3. The first-order valence-electron chi connectivity index (χ1n) is 13.2. The van der Waals surface area contributed by atoms with Gasteiger partial charge >= 0.3 is 0 Å². The molecule has 0 spiro atoms. The molecule has 3 aromatic rings. The Labute approximate surface area is 230 Å². The minimum absolute atomic E-state index is 0.0279. The number of ether oxygens (including phenoxy) is 3. The van der Waals surface area contributed by atoms with E-state index in [1.54, 1.807) is 25.1 Å². The van der Waals surface area contributed by atoms with E-state index in [4.69, 9.17) is 18.6 Å². The molecule has 0 radical (unpaired) electrons. The molecule has 2 heterocycles. The van der Waals surface area contributed by atoms with Crippen molar-refractivity contribution in [3.63, 3.8) is 0 Å². The summed E-state index contributed by atoms with van der Waals surface area (Å²) >= 11 is 0. The average Bonchev–Trinajstić information content (AvgIpc) is 3.25. The number of fused-ring (bicyclic) bond motifs is 3. The van der Waals surface area contributed by atoms with Gasteiger partial charge in [0.25, 0.3) is 11.8 Å². The van der Waals surface area contributed by atoms with Gasteiger partial charge in [-0.05, 0) is 62.6 Å². The fourth-order valence-corrected chi connectivity index (χ4v) is 4.93. The largest absolute Gasteiger partial charge is 0.496 e. The van der Waals surface area contributed by atoms with Crippen molar-refractivity contribution >= 4 is 28.7 Å². The molecule has 5 rings (SSSR count). The lowest BCUT2D eigenvalue weighted by atomic mass is 9.93. The van der Waals surface area contributed by atoms with Gasteiger partial charge in [-0.25, -0.2) is 4.39 Å². The van der Waals surface area contributed by atoms with Crippen LogP contribution in [0, 0.1) is 5.82 Å². The lowest BCUT2D eigenvalue weighted by molar-refractivity contribution is -0.133. The molecule has 1 aliphatic heterocycles. The zero-order valence-electron chi connectivity index (χ0n) is 22.7. The van der Waals surface area contributed by atoms with Crippen molar-refractivity contribution in [3.05, 3.63) is 59.1 Å². The number of furan rings is 1. The third kappa shape index (κ3) is 5.08. The highest BCUT2D eigenvalue weighted by molar-refractivity contribution is 6.06. The van der Waals surface area contributed by atoms with Crippen molar-refractivity contribution in [2.24, 2.45) is 0 Å². The fourth-order valence-electron chi connectivity index (χ4n) is 4.93. The fraction of sp³-hybridized carbons (Fsp3) is 0.414. The van der Waals surface area contributed by atoms with Crippen molar-refractivity contribution in [1.82, 2.24) is 15.5 Å². The Kier molecular flexibility index (Phi) is 7.66. The molecule has 2 aromatic carbocycles. The maximum absolute atomic E-state index is 13.8. The third-order valence-electron chi connectivity index (χ3n) is 7.57. The Hall–Kier alpha value is -4.12. The highest BCUT2D eigenvalue weighted by Gasteiger charge is 2.47. The summed E-state index contributed by atoms with van der Waals surface area (Å²) in [7, 11) is 2.95. The molecule has 0 bridgehead atoms. The van der Waals surface area contributed by atoms with Crippen LogP contribution < -0.4 is 20.1 Å². The van der Waals surface area contributed by atoms with Gasteiger partial charge in [-0.1, -0.05) is 0 Å². The first-order chi connectivity index (χ1) is 19.2. The average molecular weight is 554 g/mol. The molecule has 40 heavy (non-hydrogen) atoms. The quantitative estimate of drug-likeness (QED) is 0.417. The van der Waals surface area contributed by atoms with E-state index in [0.717, 1.165) is 19.3 Å². The van der Waals surface area contributed by atoms with E-state index in [1.807, 2.05) is 0 Å². The Balaban J connectivity index is 1.41. The molecule has 3 amide bonds. The number of nitrogens with one attached hydrogen (secondary N) is 2. The molecule has 1 saturated carbocycles. The Bertz CT molecular complexity index is 1450. The molecule has 2 N–H and O–H groups in total. The van der Waals surface area contributed by atoms with Gasteiger partial charge < -0.3 is 34.2 Å². The number of hydrogen-bond acceptors (Lipinski definition) is 7. The second-order valence-corrected chi connectivity index (χ2v) is 10.2. The van der Waals surface area contributed by atoms with Crippen LogP contribution in [0.1, 0.15) is 52.7 Å². The molecule has 0 saturated heterocycles. The Morgan fingerprint density at radius 2 is 1.98 bits per heavy atom. The molecule has 2 aliphatic rings. The number of benzene rings is 2. The monoisotopic (exact) mass is 553 g/mol. The number of carbonyl (C=O) groups is 3. The molecule has 1 aromatic heterocycles. The van der Waals surface area contributed by atoms with E-state index in [2.05, 4.69) is 10.6 Å². The van der Waals surface area contributed by atoms with Crippen molar-refractivity contribution in [3.8, 4) is 11.5 Å². The molecule has 11 heteroatoms. The molecule has 212 valence electrons. The van der Waals surface area contributed by atoms with E-state index in [-0.39, 0.29) is 49.8 Å². The predicted octanol–water partition coefficient (Wildman–Crippen LogP) is 3.42. The summed E-state index contributed by atoms with van der Waals surface area (Å²) in [5, 5.41) is 6.30. The summed E-state index contributed by atoms with van der Waals surface area (Å²) in [6.45, 7) is 1.63. The summed E-state index contributed by atoms with van der Waals surface area (Å²) in [5.41, 5.74) is -0.257. The van der Waals surface area contributed by atoms with E-state index >= 15 is 0 Å². The van der Waals surface area contributed by atoms with E-state index < -0.39 is 23.2 Å². The summed E-state index contributed by atoms with van der Waals surface area (Å²) in [5.74, 6) is -1.17. The van der Waals surface area contributed by atoms with Gasteiger partial charge in [0.1, 0.15) is 23.8 Å². The highest BCUT2D eigenvalue weighted by atomic mass is 19.1. The lowest BCUT2D eigenvalue weighted by Crippen LogP contribution is -2.61. The van der Waals surface area contributed by atoms with Crippen LogP contribution in [-0.4, -0.2) is 68.2 Å². The number of rotatable bonds is 9. The van der Waals surface area contributed by atoms with Gasteiger partial charge in [-0.2, -0.15) is 0 Å². The lowest BCUT2D eigenvalue weighted by Gasteiger charge is -2.37. The van der Waals surface area contributed by atoms with Gasteiger partial charge in [0, 0.05) is 37.4 Å². The number of hydrogen-bond donors (Lipinski definition) is 2. The van der Waals surface area contributed by atoms with Gasteiger partial charge in [0.15, 0.2) is 11.3 Å². The van der Waals surface area contributed by atoms with Gasteiger partial charge in [0.05, 0.1) is 19.1 Å². The van der Waals surface area contributed by atoms with Crippen molar-refractivity contribution in [1.29, 1.82) is 0 Å². The van der Waals surface area contributed by atoms with Crippen LogP contribution in [0.15, 0.2) is 40.8 Å². The zero-order chi connectivity index (χ0) is 28.4. The van der Waals surface area contributed by atoms with Crippen molar-refractivity contribution in [2.75, 3.05) is 34.0 Å². The normalized spacial score (nSPS) is 18.9. The predicted molar refractivity (Wildman–Crippen MR) is 143 cm³/mol. The molecular weight excluding hydrogens is 521 g/mol. The molecule has 1 fully saturated rings. The number of methoxy groups -OCH3 is 2. The van der Waals surface area contributed by atoms with Crippen LogP contribution in [0.25, 0.3) is 11.0 Å². The first-order valence-corrected chi connectivity index (χ1v) is 13.2. The van der Waals surface area contributed by atoms with Gasteiger partial charge in [-0.15, -0.1) is 0 Å². The number of halogens is 1. The number of carbonyl (C=O) groups excluding carboxylic acids is 3. The second-order valence-electron chi connectivity index (χ2n) is 10.2. The Morgan fingerprint density at radius 1 is 1.18 bits per heavy atom. The minimum atomic E-state index is -1.45. The van der Waals surface area contributed by atoms with Gasteiger partial charge in [-0.3, -0.25) is 14.4 Å². The topological polar surface area (TPSA) is 119 Å². The number of nitrogens with zero attached hydrogens (tertiary/aromatic N) is 1. The molecule has 1 unspecified atom stereocenters. The highest BCUT2D eigenvalue weighted by Crippen LogP contribution is 2.39. The third-order valence-corrected chi connectivity index (χ3v) is 7.57. The van der Waals surface area contributed by atoms with Crippen LogP contribution in [0.2, 0.25) is 0 Å². The Morgan fingerprint density at radius 3 is 2.67 bits per heavy atom. The summed E-state index contributed by atoms with van der Waals surface area (Å²) in [6.07, 6.45) is 3.03.